The average Bonchev–Trinajstić information content (AvgIpc) is 2.55. The molecule has 1 aliphatic heterocycles. The number of rotatable bonds is 0. The molecule has 0 saturated carbocycles. The van der Waals surface area contributed by atoms with Crippen molar-refractivity contribution in [1.29, 1.82) is 5.26 Å². The van der Waals surface area contributed by atoms with Crippen LogP contribution in [0.25, 0.3) is 0 Å². The molecule has 0 N–H and O–H groups in total. The summed E-state index contributed by atoms with van der Waals surface area (Å²) in [5, 5.41) is 9.12. The van der Waals surface area contributed by atoms with Crippen molar-refractivity contribution in [3.63, 3.8) is 0 Å². The molecule has 0 aromatic heterocycles. The van der Waals surface area contributed by atoms with Gasteiger partial charge in [0, 0.05) is 11.8 Å². The van der Waals surface area contributed by atoms with Crippen molar-refractivity contribution >= 4 is 0 Å². The van der Waals surface area contributed by atoms with E-state index in [9.17, 15) is 0 Å². The van der Waals surface area contributed by atoms with E-state index in [4.69, 9.17) is 10.00 Å². The predicted molar refractivity (Wildman–Crippen MR) is 47.4 cm³/mol. The highest BCUT2D eigenvalue weighted by Crippen LogP contribution is 2.52. The van der Waals surface area contributed by atoms with E-state index in [1.165, 1.54) is 0 Å². The highest BCUT2D eigenvalue weighted by Gasteiger charge is 2.48. The molecule has 66 valence electrons. The van der Waals surface area contributed by atoms with Crippen LogP contribution in [0.4, 0.5) is 0 Å². The lowest BCUT2D eigenvalue weighted by atomic mass is 9.60. The maximum atomic E-state index is 9.12. The molecule has 0 spiro atoms. The maximum Gasteiger partial charge on any atom is 0.0959 e. The molecule has 0 radical (unpaired) electrons. The standard InChI is InChI=1S/C11H11NO/c12-7-11-3-1-9(11)5-10-8(6-11)2-4-13-10/h1,3,5,8-9H,2,4,6H2. The van der Waals surface area contributed by atoms with Crippen molar-refractivity contribution in [2.24, 2.45) is 17.3 Å². The van der Waals surface area contributed by atoms with Crippen LogP contribution < -0.4 is 0 Å². The molecule has 2 aliphatic carbocycles. The van der Waals surface area contributed by atoms with E-state index in [1.54, 1.807) is 0 Å². The zero-order valence-corrected chi connectivity index (χ0v) is 7.36. The monoisotopic (exact) mass is 173 g/mol. The molecule has 1 saturated heterocycles. The van der Waals surface area contributed by atoms with Gasteiger partial charge in [-0.15, -0.1) is 0 Å². The summed E-state index contributed by atoms with van der Waals surface area (Å²) in [4.78, 5) is 0. The zero-order valence-electron chi connectivity index (χ0n) is 7.36. The molecular formula is C11H11NO. The first-order valence-electron chi connectivity index (χ1n) is 4.79. The Morgan fingerprint density at radius 2 is 2.54 bits per heavy atom. The van der Waals surface area contributed by atoms with Crippen LogP contribution in [0.5, 0.6) is 0 Å². The second kappa shape index (κ2) is 2.17. The Morgan fingerprint density at radius 3 is 3.23 bits per heavy atom. The molecular weight excluding hydrogens is 162 g/mol. The molecule has 2 heteroatoms. The van der Waals surface area contributed by atoms with Gasteiger partial charge in [-0.05, 0) is 18.9 Å². The van der Waals surface area contributed by atoms with E-state index >= 15 is 0 Å². The Hall–Kier alpha value is -1.23. The summed E-state index contributed by atoms with van der Waals surface area (Å²) in [5.41, 5.74) is -0.179. The van der Waals surface area contributed by atoms with Gasteiger partial charge < -0.3 is 4.74 Å². The van der Waals surface area contributed by atoms with Crippen molar-refractivity contribution < 1.29 is 4.74 Å². The number of nitrogens with zero attached hydrogens (tertiary/aromatic N) is 1. The summed E-state index contributed by atoms with van der Waals surface area (Å²) < 4.78 is 5.52. The van der Waals surface area contributed by atoms with Gasteiger partial charge in [0.15, 0.2) is 0 Å². The number of hydrogen-bond donors (Lipinski definition) is 0. The van der Waals surface area contributed by atoms with Gasteiger partial charge in [0.1, 0.15) is 0 Å². The first kappa shape index (κ1) is 7.20. The lowest BCUT2D eigenvalue weighted by Crippen LogP contribution is -2.37. The van der Waals surface area contributed by atoms with Crippen LogP contribution in [0.1, 0.15) is 12.8 Å². The molecule has 3 atom stereocenters. The third kappa shape index (κ3) is 0.771. The summed E-state index contributed by atoms with van der Waals surface area (Å²) >= 11 is 0. The Balaban J connectivity index is 2.00. The summed E-state index contributed by atoms with van der Waals surface area (Å²) in [7, 11) is 0. The number of fused-ring (bicyclic) bond motifs is 2. The maximum absolute atomic E-state index is 9.12. The Kier molecular flexibility index (Phi) is 1.20. The van der Waals surface area contributed by atoms with Gasteiger partial charge in [0.05, 0.1) is 23.9 Å². The topological polar surface area (TPSA) is 33.0 Å². The van der Waals surface area contributed by atoms with Crippen LogP contribution in [-0.2, 0) is 4.74 Å². The van der Waals surface area contributed by atoms with Crippen molar-refractivity contribution in [1.82, 2.24) is 0 Å². The predicted octanol–water partition coefficient (Wildman–Crippen LogP) is 2.01. The highest BCUT2D eigenvalue weighted by atomic mass is 16.5. The lowest BCUT2D eigenvalue weighted by Gasteiger charge is -2.41. The van der Waals surface area contributed by atoms with E-state index < -0.39 is 0 Å². The Bertz CT molecular complexity index is 350. The lowest BCUT2D eigenvalue weighted by molar-refractivity contribution is 0.218. The van der Waals surface area contributed by atoms with Gasteiger partial charge in [-0.25, -0.2) is 0 Å². The number of nitriles is 1. The van der Waals surface area contributed by atoms with E-state index in [0.717, 1.165) is 25.2 Å². The minimum Gasteiger partial charge on any atom is -0.498 e. The molecule has 1 heterocycles. The number of hydrogen-bond acceptors (Lipinski definition) is 2. The molecule has 2 nitrogen and oxygen atoms in total. The first-order chi connectivity index (χ1) is 6.34. The van der Waals surface area contributed by atoms with E-state index in [2.05, 4.69) is 24.3 Å². The molecule has 3 unspecified atom stereocenters. The minimum absolute atomic E-state index is 0.179. The fourth-order valence-electron chi connectivity index (χ4n) is 2.56. The quantitative estimate of drug-likeness (QED) is 0.525. The van der Waals surface area contributed by atoms with E-state index in [1.807, 2.05) is 0 Å². The van der Waals surface area contributed by atoms with Crippen LogP contribution in [0.2, 0.25) is 0 Å². The van der Waals surface area contributed by atoms with Crippen LogP contribution in [-0.4, -0.2) is 6.61 Å². The van der Waals surface area contributed by atoms with Gasteiger partial charge in [0.25, 0.3) is 0 Å². The molecule has 0 amide bonds. The largest absolute Gasteiger partial charge is 0.498 e. The van der Waals surface area contributed by atoms with Crippen LogP contribution in [0.3, 0.4) is 0 Å². The summed E-state index contributed by atoms with van der Waals surface area (Å²) in [6.07, 6.45) is 8.37. The molecule has 13 heavy (non-hydrogen) atoms. The van der Waals surface area contributed by atoms with Gasteiger partial charge in [-0.2, -0.15) is 5.26 Å². The summed E-state index contributed by atoms with van der Waals surface area (Å²) in [6, 6.07) is 2.44. The molecule has 3 rings (SSSR count). The Morgan fingerprint density at radius 1 is 1.62 bits per heavy atom. The number of ether oxygens (including phenoxy) is 1. The fourth-order valence-corrected chi connectivity index (χ4v) is 2.56. The summed E-state index contributed by atoms with van der Waals surface area (Å²) in [5.74, 6) is 1.97. The third-order valence-corrected chi connectivity index (χ3v) is 3.47. The SMILES string of the molecule is N#CC12C=CC1C=C1OCCC1C2. The average molecular weight is 173 g/mol. The van der Waals surface area contributed by atoms with E-state index in [-0.39, 0.29) is 5.41 Å². The molecule has 1 fully saturated rings. The van der Waals surface area contributed by atoms with Crippen molar-refractivity contribution in [2.45, 2.75) is 12.8 Å². The summed E-state index contributed by atoms with van der Waals surface area (Å²) in [6.45, 7) is 0.838. The van der Waals surface area contributed by atoms with Crippen LogP contribution >= 0.6 is 0 Å². The van der Waals surface area contributed by atoms with Crippen LogP contribution in [0, 0.1) is 28.6 Å². The Labute approximate surface area is 77.5 Å². The van der Waals surface area contributed by atoms with Crippen molar-refractivity contribution in [3.05, 3.63) is 24.0 Å². The minimum atomic E-state index is -0.179. The highest BCUT2D eigenvalue weighted by molar-refractivity contribution is 5.36. The molecule has 0 aromatic carbocycles. The van der Waals surface area contributed by atoms with Crippen molar-refractivity contribution in [3.8, 4) is 6.07 Å². The first-order valence-corrected chi connectivity index (χ1v) is 4.79. The smallest absolute Gasteiger partial charge is 0.0959 e. The fraction of sp³-hybridized carbons (Fsp3) is 0.545. The van der Waals surface area contributed by atoms with Gasteiger partial charge in [-0.3, -0.25) is 0 Å². The second-order valence-electron chi connectivity index (χ2n) is 4.14. The third-order valence-electron chi connectivity index (χ3n) is 3.47. The van der Waals surface area contributed by atoms with Gasteiger partial charge >= 0.3 is 0 Å². The molecule has 0 bridgehead atoms. The van der Waals surface area contributed by atoms with Crippen molar-refractivity contribution in [2.75, 3.05) is 6.61 Å². The van der Waals surface area contributed by atoms with Crippen LogP contribution in [0.15, 0.2) is 24.0 Å². The van der Waals surface area contributed by atoms with E-state index in [0.29, 0.717) is 11.8 Å². The molecule has 3 aliphatic rings. The normalized spacial score (nSPS) is 45.0. The van der Waals surface area contributed by atoms with Gasteiger partial charge in [0.2, 0.25) is 0 Å². The second-order valence-corrected chi connectivity index (χ2v) is 4.14. The van der Waals surface area contributed by atoms with Gasteiger partial charge in [-0.1, -0.05) is 12.2 Å². The zero-order chi connectivity index (χ0) is 8.89. The number of allylic oxidation sites excluding steroid dienone is 4. The molecule has 0 aromatic rings.